The van der Waals surface area contributed by atoms with Crippen LogP contribution in [0.2, 0.25) is 0 Å². The van der Waals surface area contributed by atoms with Gasteiger partial charge in [-0.05, 0) is 43.7 Å². The minimum Gasteiger partial charge on any atom is -0.450 e. The van der Waals surface area contributed by atoms with Crippen molar-refractivity contribution in [2.24, 2.45) is 5.92 Å². The smallest absolute Gasteiger partial charge is 0.409 e. The van der Waals surface area contributed by atoms with Crippen LogP contribution >= 0.6 is 0 Å². The van der Waals surface area contributed by atoms with Crippen molar-refractivity contribution in [2.75, 3.05) is 19.7 Å². The summed E-state index contributed by atoms with van der Waals surface area (Å²) < 4.78 is 5.14. The Kier molecular flexibility index (Phi) is 5.53. The molecule has 2 aliphatic rings. The normalized spacial score (nSPS) is 18.3. The van der Waals surface area contributed by atoms with Crippen LogP contribution in [0.25, 0.3) is 12.2 Å². The predicted molar refractivity (Wildman–Crippen MR) is 114 cm³/mol. The minimum atomic E-state index is -0.407. The lowest BCUT2D eigenvalue weighted by Crippen LogP contribution is -2.40. The molecule has 1 aromatic carbocycles. The largest absolute Gasteiger partial charge is 0.450 e. The van der Waals surface area contributed by atoms with Crippen molar-refractivity contribution >= 4 is 23.9 Å². The number of aromatic nitrogens is 1. The van der Waals surface area contributed by atoms with Crippen LogP contribution < -0.4 is 0 Å². The van der Waals surface area contributed by atoms with Crippen molar-refractivity contribution in [3.63, 3.8) is 0 Å². The van der Waals surface area contributed by atoms with Gasteiger partial charge in [0.25, 0.3) is 5.69 Å². The van der Waals surface area contributed by atoms with Crippen molar-refractivity contribution in [3.8, 4) is 0 Å². The quantitative estimate of drug-likeness (QED) is 0.540. The van der Waals surface area contributed by atoms with Crippen LogP contribution in [0.15, 0.2) is 30.5 Å². The second-order valence-corrected chi connectivity index (χ2v) is 7.89. The number of likely N-dealkylation sites (tertiary alicyclic amines) is 1. The van der Waals surface area contributed by atoms with Gasteiger partial charge >= 0.3 is 6.09 Å². The van der Waals surface area contributed by atoms with Gasteiger partial charge in [0.05, 0.1) is 17.2 Å². The molecule has 1 amide bonds. The number of carbonyl (C=O) groups excluding carboxylic acids is 1. The van der Waals surface area contributed by atoms with Gasteiger partial charge in [0.2, 0.25) is 0 Å². The van der Waals surface area contributed by atoms with E-state index in [2.05, 4.69) is 30.1 Å². The molecule has 2 aromatic rings. The van der Waals surface area contributed by atoms with Gasteiger partial charge in [-0.2, -0.15) is 0 Å². The second kappa shape index (κ2) is 8.26. The number of rotatable bonds is 3. The van der Waals surface area contributed by atoms with Gasteiger partial charge in [0.15, 0.2) is 0 Å². The van der Waals surface area contributed by atoms with E-state index in [0.717, 1.165) is 29.7 Å². The molecule has 1 aliphatic carbocycles. The molecular formula is C23H25N3O4. The van der Waals surface area contributed by atoms with Crippen LogP contribution in [-0.4, -0.2) is 40.6 Å². The maximum absolute atomic E-state index is 12.1. The molecule has 0 radical (unpaired) electrons. The third-order valence-corrected chi connectivity index (χ3v) is 6.00. The molecule has 1 aliphatic heterocycles. The van der Waals surface area contributed by atoms with Crippen LogP contribution in [0.5, 0.6) is 0 Å². The molecule has 7 heteroatoms. The van der Waals surface area contributed by atoms with E-state index in [0.29, 0.717) is 19.7 Å². The summed E-state index contributed by atoms with van der Waals surface area (Å²) in [5.74, 6) is 0.306. The fourth-order valence-electron chi connectivity index (χ4n) is 4.53. The molecule has 1 unspecified atom stereocenters. The van der Waals surface area contributed by atoms with Gasteiger partial charge in [-0.1, -0.05) is 35.9 Å². The van der Waals surface area contributed by atoms with Gasteiger partial charge in [-0.15, -0.1) is 0 Å². The molecule has 0 bridgehead atoms. The first-order valence-electron chi connectivity index (χ1n) is 10.3. The molecule has 1 saturated heterocycles. The van der Waals surface area contributed by atoms with Crippen LogP contribution in [0.3, 0.4) is 0 Å². The van der Waals surface area contributed by atoms with Crippen molar-refractivity contribution in [1.82, 2.24) is 9.88 Å². The summed E-state index contributed by atoms with van der Waals surface area (Å²) in [5, 5.41) is 11.3. The lowest BCUT2D eigenvalue weighted by atomic mass is 9.76. The Balaban J connectivity index is 1.71. The molecule has 4 rings (SSSR count). The standard InChI is InChI=1S/C23H25N3O4/c1-3-30-23(27)25-10-8-16(9-11-25)21-20-7-4-15(2)12-17(20)5-6-18-13-19(26(28)29)14-24-22(18)21/h4-7,12-14,16,21H,3,8-11H2,1-2H3. The number of nitro groups is 1. The molecule has 1 fully saturated rings. The molecule has 1 atom stereocenters. The Morgan fingerprint density at radius 2 is 1.97 bits per heavy atom. The Labute approximate surface area is 175 Å². The predicted octanol–water partition coefficient (Wildman–Crippen LogP) is 4.78. The number of piperidine rings is 1. The van der Waals surface area contributed by atoms with E-state index < -0.39 is 4.92 Å². The Hall–Kier alpha value is -3.22. The van der Waals surface area contributed by atoms with Gasteiger partial charge in [-0.25, -0.2) is 4.79 Å². The highest BCUT2D eigenvalue weighted by Crippen LogP contribution is 2.43. The van der Waals surface area contributed by atoms with Gasteiger partial charge in [-0.3, -0.25) is 15.1 Å². The lowest BCUT2D eigenvalue weighted by molar-refractivity contribution is -0.385. The van der Waals surface area contributed by atoms with Crippen molar-refractivity contribution < 1.29 is 14.5 Å². The number of hydrogen-bond donors (Lipinski definition) is 0. The monoisotopic (exact) mass is 407 g/mol. The number of benzene rings is 1. The summed E-state index contributed by atoms with van der Waals surface area (Å²) in [4.78, 5) is 29.3. The van der Waals surface area contributed by atoms with E-state index in [1.54, 1.807) is 11.0 Å². The first-order valence-corrected chi connectivity index (χ1v) is 10.3. The highest BCUT2D eigenvalue weighted by molar-refractivity contribution is 5.77. The molecule has 7 nitrogen and oxygen atoms in total. The van der Waals surface area contributed by atoms with E-state index >= 15 is 0 Å². The number of aryl methyl sites for hydroxylation is 1. The zero-order chi connectivity index (χ0) is 21.3. The molecule has 1 aromatic heterocycles. The van der Waals surface area contributed by atoms with Crippen molar-refractivity contribution in [3.05, 3.63) is 68.5 Å². The molecular weight excluding hydrogens is 382 g/mol. The van der Waals surface area contributed by atoms with E-state index in [1.807, 2.05) is 19.1 Å². The SMILES string of the molecule is CCOC(=O)N1CCC(C2c3ccc(C)cc3C=Cc3cc([N+](=O)[O-])cnc32)CC1. The Bertz CT molecular complexity index is 1010. The highest BCUT2D eigenvalue weighted by atomic mass is 16.6. The number of nitrogens with zero attached hydrogens (tertiary/aromatic N) is 3. The number of carbonyl (C=O) groups is 1. The zero-order valence-corrected chi connectivity index (χ0v) is 17.2. The summed E-state index contributed by atoms with van der Waals surface area (Å²) >= 11 is 0. The number of fused-ring (bicyclic) bond motifs is 2. The third kappa shape index (κ3) is 3.79. The van der Waals surface area contributed by atoms with Crippen LogP contribution in [-0.2, 0) is 4.74 Å². The van der Waals surface area contributed by atoms with Crippen LogP contribution in [0.4, 0.5) is 10.5 Å². The first-order chi connectivity index (χ1) is 14.5. The molecule has 2 heterocycles. The maximum atomic E-state index is 12.1. The second-order valence-electron chi connectivity index (χ2n) is 7.89. The van der Waals surface area contributed by atoms with Crippen LogP contribution in [0, 0.1) is 23.0 Å². The molecule has 0 N–H and O–H groups in total. The Morgan fingerprint density at radius 3 is 2.67 bits per heavy atom. The summed E-state index contributed by atoms with van der Waals surface area (Å²) in [7, 11) is 0. The van der Waals surface area contributed by atoms with Crippen molar-refractivity contribution in [1.29, 1.82) is 0 Å². The molecule has 156 valence electrons. The summed E-state index contributed by atoms with van der Waals surface area (Å²) in [6.07, 6.45) is 6.71. The first kappa shape index (κ1) is 20.1. The van der Waals surface area contributed by atoms with Crippen LogP contribution in [0.1, 0.15) is 53.6 Å². The average Bonchev–Trinajstić information content (AvgIpc) is 2.90. The van der Waals surface area contributed by atoms with E-state index in [4.69, 9.17) is 4.74 Å². The summed E-state index contributed by atoms with van der Waals surface area (Å²) in [5.41, 5.74) is 5.13. The number of hydrogen-bond acceptors (Lipinski definition) is 5. The number of ether oxygens (including phenoxy) is 1. The van der Waals surface area contributed by atoms with E-state index in [1.165, 1.54) is 17.3 Å². The Morgan fingerprint density at radius 1 is 1.23 bits per heavy atom. The van der Waals surface area contributed by atoms with Gasteiger partial charge < -0.3 is 9.64 Å². The highest BCUT2D eigenvalue weighted by Gasteiger charge is 2.34. The summed E-state index contributed by atoms with van der Waals surface area (Å²) in [6.45, 7) is 5.51. The van der Waals surface area contributed by atoms with Gasteiger partial charge in [0, 0.05) is 30.6 Å². The zero-order valence-electron chi connectivity index (χ0n) is 17.2. The molecule has 30 heavy (non-hydrogen) atoms. The lowest BCUT2D eigenvalue weighted by Gasteiger charge is -2.36. The van der Waals surface area contributed by atoms with E-state index in [-0.39, 0.29) is 23.6 Å². The fourth-order valence-corrected chi connectivity index (χ4v) is 4.53. The topological polar surface area (TPSA) is 85.6 Å². The van der Waals surface area contributed by atoms with Gasteiger partial charge in [0.1, 0.15) is 6.20 Å². The summed E-state index contributed by atoms with van der Waals surface area (Å²) in [6, 6.07) is 8.00. The van der Waals surface area contributed by atoms with Crippen molar-refractivity contribution in [2.45, 2.75) is 32.6 Å². The molecule has 0 spiro atoms. The van der Waals surface area contributed by atoms with E-state index in [9.17, 15) is 14.9 Å². The number of pyridine rings is 1. The average molecular weight is 407 g/mol. The molecule has 0 saturated carbocycles. The minimum absolute atomic E-state index is 0.00332. The maximum Gasteiger partial charge on any atom is 0.409 e. The fraction of sp³-hybridized carbons (Fsp3) is 0.391. The number of amides is 1. The third-order valence-electron chi connectivity index (χ3n) is 6.00.